The van der Waals surface area contributed by atoms with Gasteiger partial charge in [0.15, 0.2) is 0 Å². The predicted molar refractivity (Wildman–Crippen MR) is 158 cm³/mol. The Bertz CT molecular complexity index is 1430. The van der Waals surface area contributed by atoms with Gasteiger partial charge in [0, 0.05) is 13.6 Å². The van der Waals surface area contributed by atoms with Gasteiger partial charge in [-0.2, -0.15) is 0 Å². The summed E-state index contributed by atoms with van der Waals surface area (Å²) in [5, 5.41) is 2.62. The lowest BCUT2D eigenvalue weighted by atomic mass is 10.1. The molecule has 0 aliphatic heterocycles. The number of nitrogens with one attached hydrogen (secondary N) is 1. The van der Waals surface area contributed by atoms with Crippen molar-refractivity contribution in [3.05, 3.63) is 82.3 Å². The van der Waals surface area contributed by atoms with Crippen molar-refractivity contribution in [3.8, 4) is 11.5 Å². The van der Waals surface area contributed by atoms with Crippen LogP contribution in [-0.2, 0) is 26.2 Å². The quantitative estimate of drug-likeness (QED) is 0.315. The fourth-order valence-corrected chi connectivity index (χ4v) is 6.32. The van der Waals surface area contributed by atoms with Gasteiger partial charge in [-0.1, -0.05) is 36.8 Å². The number of aryl methyl sites for hydroxylation is 1. The van der Waals surface area contributed by atoms with Gasteiger partial charge in [-0.15, -0.1) is 0 Å². The number of rotatable bonds is 12. The van der Waals surface area contributed by atoms with Crippen LogP contribution in [0.4, 0.5) is 5.69 Å². The maximum absolute atomic E-state index is 14.0. The number of likely N-dealkylation sites (N-methyl/N-ethyl adjacent to an activating group) is 1. The van der Waals surface area contributed by atoms with Gasteiger partial charge in [-0.3, -0.25) is 13.9 Å². The van der Waals surface area contributed by atoms with E-state index in [0.29, 0.717) is 28.1 Å². The van der Waals surface area contributed by atoms with Crippen LogP contribution in [0.5, 0.6) is 11.5 Å². The van der Waals surface area contributed by atoms with Crippen LogP contribution in [0.25, 0.3) is 0 Å². The summed E-state index contributed by atoms with van der Waals surface area (Å²) in [5.74, 6) is 0.261. The molecule has 3 aromatic carbocycles. The number of ether oxygens (including phenoxy) is 2. The largest absolute Gasteiger partial charge is 0.497 e. The van der Waals surface area contributed by atoms with Crippen LogP contribution in [-0.4, -0.2) is 59.0 Å². The van der Waals surface area contributed by atoms with E-state index in [1.807, 2.05) is 6.92 Å². The number of carbonyl (C=O) groups excluding carboxylic acids is 2. The zero-order valence-corrected chi connectivity index (χ0v) is 25.6. The van der Waals surface area contributed by atoms with E-state index in [-0.39, 0.29) is 17.3 Å². The van der Waals surface area contributed by atoms with Crippen molar-refractivity contribution in [1.82, 2.24) is 10.2 Å². The first-order valence-corrected chi connectivity index (χ1v) is 14.9. The Hall–Kier alpha value is -3.57. The van der Waals surface area contributed by atoms with Gasteiger partial charge in [-0.05, 0) is 77.3 Å². The summed E-state index contributed by atoms with van der Waals surface area (Å²) < 4.78 is 40.0. The van der Waals surface area contributed by atoms with Crippen molar-refractivity contribution in [2.24, 2.45) is 0 Å². The highest BCUT2D eigenvalue weighted by Crippen LogP contribution is 2.31. The normalized spacial score (nSPS) is 11.8. The molecule has 0 spiro atoms. The van der Waals surface area contributed by atoms with Gasteiger partial charge in [-0.25, -0.2) is 8.42 Å². The monoisotopic (exact) mass is 631 g/mol. The standard InChI is InChI=1S/C29H34BrN3O6S/c1-6-26(29(35)31-3)32(18-21-9-13-23(38-4)14-10-21)28(34)19-33(22-11-7-20(2)8-12-22)40(36,37)24-15-16-27(39-5)25(30)17-24/h7-17,26H,6,18-19H2,1-5H3,(H,31,35). The molecule has 9 nitrogen and oxygen atoms in total. The molecule has 3 aromatic rings. The van der Waals surface area contributed by atoms with E-state index in [9.17, 15) is 18.0 Å². The van der Waals surface area contributed by atoms with Crippen LogP contribution in [0, 0.1) is 6.92 Å². The number of benzene rings is 3. The Balaban J connectivity index is 2.06. The topological polar surface area (TPSA) is 105 Å². The van der Waals surface area contributed by atoms with E-state index in [0.717, 1.165) is 15.4 Å². The van der Waals surface area contributed by atoms with Crippen LogP contribution in [0.1, 0.15) is 24.5 Å². The van der Waals surface area contributed by atoms with Crippen LogP contribution < -0.4 is 19.1 Å². The highest BCUT2D eigenvalue weighted by atomic mass is 79.9. The van der Waals surface area contributed by atoms with Crippen molar-refractivity contribution in [1.29, 1.82) is 0 Å². The van der Waals surface area contributed by atoms with E-state index in [1.165, 1.54) is 31.2 Å². The number of anilines is 1. The van der Waals surface area contributed by atoms with E-state index in [4.69, 9.17) is 9.47 Å². The molecule has 3 rings (SSSR count). The Morgan fingerprint density at radius 3 is 2.15 bits per heavy atom. The number of carbonyl (C=O) groups is 2. The fraction of sp³-hybridized carbons (Fsp3) is 0.310. The van der Waals surface area contributed by atoms with Gasteiger partial charge in [0.25, 0.3) is 10.0 Å². The van der Waals surface area contributed by atoms with Gasteiger partial charge < -0.3 is 19.7 Å². The lowest BCUT2D eigenvalue weighted by molar-refractivity contribution is -0.140. The summed E-state index contributed by atoms with van der Waals surface area (Å²) in [5.41, 5.74) is 2.02. The zero-order valence-electron chi connectivity index (χ0n) is 23.2. The third kappa shape index (κ3) is 7.14. The van der Waals surface area contributed by atoms with Crippen molar-refractivity contribution in [2.75, 3.05) is 32.1 Å². The Morgan fingerprint density at radius 1 is 0.975 bits per heavy atom. The van der Waals surface area contributed by atoms with E-state index in [1.54, 1.807) is 68.6 Å². The zero-order chi connectivity index (χ0) is 29.4. The molecule has 0 bridgehead atoms. The SMILES string of the molecule is CCC(C(=O)NC)N(Cc1ccc(OC)cc1)C(=O)CN(c1ccc(C)cc1)S(=O)(=O)c1ccc(OC)c(Br)c1. The van der Waals surface area contributed by atoms with Crippen LogP contribution >= 0.6 is 15.9 Å². The Kier molecular flexibility index (Phi) is 10.6. The second kappa shape index (κ2) is 13.7. The molecule has 0 saturated carbocycles. The van der Waals surface area contributed by atoms with Crippen LogP contribution in [0.2, 0.25) is 0 Å². The summed E-state index contributed by atoms with van der Waals surface area (Å²) in [7, 11) is 0.352. The maximum Gasteiger partial charge on any atom is 0.264 e. The molecular formula is C29H34BrN3O6S. The number of hydrogen-bond acceptors (Lipinski definition) is 6. The first kappa shape index (κ1) is 31.0. The number of hydrogen-bond donors (Lipinski definition) is 1. The fourth-order valence-electron chi connectivity index (χ4n) is 4.19. The average molecular weight is 633 g/mol. The van der Waals surface area contributed by atoms with Crippen molar-refractivity contribution >= 4 is 43.5 Å². The molecule has 0 saturated heterocycles. The Labute approximate surface area is 244 Å². The minimum absolute atomic E-state index is 0.0198. The first-order valence-electron chi connectivity index (χ1n) is 12.6. The molecule has 214 valence electrons. The molecule has 0 aliphatic rings. The van der Waals surface area contributed by atoms with Gasteiger partial charge in [0.05, 0.1) is 29.3 Å². The summed E-state index contributed by atoms with van der Waals surface area (Å²) in [6, 6.07) is 17.6. The molecule has 0 fully saturated rings. The summed E-state index contributed by atoms with van der Waals surface area (Å²) in [6.07, 6.45) is 0.338. The number of nitrogens with zero attached hydrogens (tertiary/aromatic N) is 2. The second-order valence-corrected chi connectivity index (χ2v) is 11.8. The maximum atomic E-state index is 14.0. The number of methoxy groups -OCH3 is 2. The van der Waals surface area contributed by atoms with Crippen molar-refractivity contribution < 1.29 is 27.5 Å². The van der Waals surface area contributed by atoms with Gasteiger partial charge in [0.1, 0.15) is 24.1 Å². The number of amides is 2. The second-order valence-electron chi connectivity index (χ2n) is 9.05. The van der Waals surface area contributed by atoms with E-state index >= 15 is 0 Å². The molecule has 0 heterocycles. The third-order valence-electron chi connectivity index (χ3n) is 6.46. The predicted octanol–water partition coefficient (Wildman–Crippen LogP) is 4.52. The van der Waals surface area contributed by atoms with E-state index < -0.39 is 28.5 Å². The first-order chi connectivity index (χ1) is 19.0. The van der Waals surface area contributed by atoms with Gasteiger partial charge in [0.2, 0.25) is 11.8 Å². The molecule has 2 amide bonds. The third-order valence-corrected chi connectivity index (χ3v) is 8.85. The smallest absolute Gasteiger partial charge is 0.264 e. The molecule has 11 heteroatoms. The molecule has 1 N–H and O–H groups in total. The van der Waals surface area contributed by atoms with Crippen LogP contribution in [0.15, 0.2) is 76.1 Å². The lowest BCUT2D eigenvalue weighted by Crippen LogP contribution is -2.51. The summed E-state index contributed by atoms with van der Waals surface area (Å²) in [4.78, 5) is 28.2. The minimum Gasteiger partial charge on any atom is -0.497 e. The Morgan fingerprint density at radius 2 is 1.62 bits per heavy atom. The number of halogens is 1. The highest BCUT2D eigenvalue weighted by Gasteiger charge is 2.33. The molecule has 40 heavy (non-hydrogen) atoms. The highest BCUT2D eigenvalue weighted by molar-refractivity contribution is 9.10. The number of sulfonamides is 1. The molecule has 1 atom stereocenters. The van der Waals surface area contributed by atoms with Crippen molar-refractivity contribution in [3.63, 3.8) is 0 Å². The summed E-state index contributed by atoms with van der Waals surface area (Å²) >= 11 is 3.35. The van der Waals surface area contributed by atoms with Crippen LogP contribution in [0.3, 0.4) is 0 Å². The molecule has 0 radical (unpaired) electrons. The minimum atomic E-state index is -4.20. The molecular weight excluding hydrogens is 598 g/mol. The molecule has 0 aromatic heterocycles. The van der Waals surface area contributed by atoms with E-state index in [2.05, 4.69) is 21.2 Å². The lowest BCUT2D eigenvalue weighted by Gasteiger charge is -2.33. The molecule has 0 aliphatic carbocycles. The summed E-state index contributed by atoms with van der Waals surface area (Å²) in [6.45, 7) is 3.28. The van der Waals surface area contributed by atoms with Gasteiger partial charge >= 0.3 is 0 Å². The average Bonchev–Trinajstić information content (AvgIpc) is 2.96. The van der Waals surface area contributed by atoms with Crippen molar-refractivity contribution in [2.45, 2.75) is 37.8 Å². The molecule has 1 unspecified atom stereocenters.